The molecule has 0 fully saturated rings. The molecule has 1 aromatic carbocycles. The van der Waals surface area contributed by atoms with Crippen LogP contribution in [0.5, 0.6) is 5.88 Å². The molecule has 1 atom stereocenters. The van der Waals surface area contributed by atoms with E-state index >= 15 is 0 Å². The van der Waals surface area contributed by atoms with Gasteiger partial charge in [-0.2, -0.15) is 0 Å². The SMILES string of the molecule is OCC(O)CO/N=C1/C(c2c(O)[nH]c3ccccc23)=Nc2ncccc21. The highest BCUT2D eigenvalue weighted by molar-refractivity contribution is 6.58. The zero-order valence-corrected chi connectivity index (χ0v) is 13.6. The van der Waals surface area contributed by atoms with E-state index in [1.807, 2.05) is 24.3 Å². The summed E-state index contributed by atoms with van der Waals surface area (Å²) in [6.07, 6.45) is 0.588. The molecule has 8 heteroatoms. The number of fused-ring (bicyclic) bond motifs is 2. The van der Waals surface area contributed by atoms with Crippen molar-refractivity contribution in [3.8, 4) is 5.88 Å². The number of pyridine rings is 1. The molecular formula is C18H16N4O4. The van der Waals surface area contributed by atoms with Gasteiger partial charge in [0.1, 0.15) is 24.1 Å². The Bertz CT molecular complexity index is 1020. The van der Waals surface area contributed by atoms with E-state index in [0.29, 0.717) is 28.4 Å². The zero-order chi connectivity index (χ0) is 18.1. The van der Waals surface area contributed by atoms with Gasteiger partial charge in [0.15, 0.2) is 11.7 Å². The van der Waals surface area contributed by atoms with E-state index in [1.54, 1.807) is 18.3 Å². The summed E-state index contributed by atoms with van der Waals surface area (Å²) in [7, 11) is 0. The Labute approximate surface area is 148 Å². The number of oxime groups is 1. The number of H-pyrrole nitrogens is 1. The summed E-state index contributed by atoms with van der Waals surface area (Å²) in [5, 5.41) is 33.6. The number of aromatic amines is 1. The highest BCUT2D eigenvalue weighted by Crippen LogP contribution is 2.34. The van der Waals surface area contributed by atoms with Gasteiger partial charge < -0.3 is 25.1 Å². The van der Waals surface area contributed by atoms with Crippen molar-refractivity contribution < 1.29 is 20.2 Å². The highest BCUT2D eigenvalue weighted by atomic mass is 16.6. The fourth-order valence-corrected chi connectivity index (χ4v) is 2.83. The number of nitrogens with one attached hydrogen (secondary N) is 1. The Hall–Kier alpha value is -3.23. The molecule has 0 radical (unpaired) electrons. The number of hydrogen-bond acceptors (Lipinski definition) is 7. The molecule has 0 spiro atoms. The third kappa shape index (κ3) is 2.71. The van der Waals surface area contributed by atoms with Crippen LogP contribution in [0.25, 0.3) is 10.9 Å². The number of aliphatic hydroxyl groups is 2. The van der Waals surface area contributed by atoms with Gasteiger partial charge in [-0.05, 0) is 18.2 Å². The quantitative estimate of drug-likeness (QED) is 0.518. The minimum Gasteiger partial charge on any atom is -0.494 e. The van der Waals surface area contributed by atoms with E-state index in [9.17, 15) is 10.2 Å². The van der Waals surface area contributed by atoms with Crippen LogP contribution >= 0.6 is 0 Å². The van der Waals surface area contributed by atoms with Crippen molar-refractivity contribution in [3.63, 3.8) is 0 Å². The Morgan fingerprint density at radius 2 is 2.04 bits per heavy atom. The smallest absolute Gasteiger partial charge is 0.199 e. The molecule has 3 heterocycles. The zero-order valence-electron chi connectivity index (χ0n) is 13.6. The lowest BCUT2D eigenvalue weighted by molar-refractivity contribution is 0.00858. The molecular weight excluding hydrogens is 336 g/mol. The summed E-state index contributed by atoms with van der Waals surface area (Å²) in [6, 6.07) is 11.0. The van der Waals surface area contributed by atoms with Crippen LogP contribution in [0.1, 0.15) is 11.1 Å². The van der Waals surface area contributed by atoms with Crippen molar-refractivity contribution in [1.82, 2.24) is 9.97 Å². The second-order valence-electron chi connectivity index (χ2n) is 5.80. The van der Waals surface area contributed by atoms with Gasteiger partial charge in [-0.25, -0.2) is 9.98 Å². The average Bonchev–Trinajstić information content (AvgIpc) is 3.18. The number of nitrogens with zero attached hydrogens (tertiary/aromatic N) is 3. The topological polar surface area (TPSA) is 123 Å². The van der Waals surface area contributed by atoms with E-state index < -0.39 is 12.7 Å². The molecule has 0 saturated carbocycles. The van der Waals surface area contributed by atoms with E-state index in [2.05, 4.69) is 20.1 Å². The van der Waals surface area contributed by atoms with Gasteiger partial charge in [0, 0.05) is 17.1 Å². The fraction of sp³-hybridized carbons (Fsp3) is 0.167. The molecule has 4 N–H and O–H groups in total. The predicted molar refractivity (Wildman–Crippen MR) is 96.0 cm³/mol. The monoisotopic (exact) mass is 352 g/mol. The highest BCUT2D eigenvalue weighted by Gasteiger charge is 2.30. The minimum absolute atomic E-state index is 0.0270. The normalized spacial score (nSPS) is 15.9. The van der Waals surface area contributed by atoms with E-state index in [0.717, 1.165) is 10.9 Å². The van der Waals surface area contributed by atoms with Gasteiger partial charge in [-0.1, -0.05) is 23.4 Å². The molecule has 0 aliphatic carbocycles. The molecule has 1 aliphatic rings. The molecule has 0 amide bonds. The van der Waals surface area contributed by atoms with Gasteiger partial charge in [-0.3, -0.25) is 0 Å². The first-order valence-electron chi connectivity index (χ1n) is 8.02. The van der Waals surface area contributed by atoms with Crippen molar-refractivity contribution in [2.75, 3.05) is 13.2 Å². The van der Waals surface area contributed by atoms with Gasteiger partial charge in [-0.15, -0.1) is 0 Å². The van der Waals surface area contributed by atoms with Crippen LogP contribution < -0.4 is 0 Å². The number of rotatable bonds is 5. The van der Waals surface area contributed by atoms with Crippen LogP contribution in [0.4, 0.5) is 5.82 Å². The number of hydrogen-bond donors (Lipinski definition) is 4. The first-order chi connectivity index (χ1) is 12.7. The lowest BCUT2D eigenvalue weighted by Gasteiger charge is -2.07. The van der Waals surface area contributed by atoms with E-state index in [-0.39, 0.29) is 12.5 Å². The van der Waals surface area contributed by atoms with Crippen LogP contribution in [-0.2, 0) is 4.84 Å². The number of para-hydroxylation sites is 1. The van der Waals surface area contributed by atoms with Crippen molar-refractivity contribution in [1.29, 1.82) is 0 Å². The molecule has 2 aromatic heterocycles. The van der Waals surface area contributed by atoms with Gasteiger partial charge >= 0.3 is 0 Å². The van der Waals surface area contributed by atoms with E-state index in [1.165, 1.54) is 0 Å². The number of aromatic nitrogens is 2. The Morgan fingerprint density at radius 1 is 1.19 bits per heavy atom. The lowest BCUT2D eigenvalue weighted by Crippen LogP contribution is -2.19. The van der Waals surface area contributed by atoms with Crippen LogP contribution in [-0.4, -0.2) is 56.0 Å². The van der Waals surface area contributed by atoms with Crippen LogP contribution in [0.2, 0.25) is 0 Å². The molecule has 3 aromatic rings. The van der Waals surface area contributed by atoms with Crippen LogP contribution in [0.15, 0.2) is 52.7 Å². The number of aliphatic hydroxyl groups excluding tert-OH is 2. The first kappa shape index (κ1) is 16.2. The maximum Gasteiger partial charge on any atom is 0.199 e. The third-order valence-electron chi connectivity index (χ3n) is 4.04. The van der Waals surface area contributed by atoms with Crippen molar-refractivity contribution in [2.45, 2.75) is 6.10 Å². The molecule has 0 bridgehead atoms. The summed E-state index contributed by atoms with van der Waals surface area (Å²) in [6.45, 7) is -0.587. The Kier molecular flexibility index (Phi) is 4.11. The standard InChI is InChI=1S/C18H16N4O4/c23-8-10(24)9-26-22-15-12-5-3-7-19-17(12)21-16(15)14-11-4-1-2-6-13(11)20-18(14)25/h1-7,10,20,23-25H,8-9H2/b22-15+. The molecule has 132 valence electrons. The minimum atomic E-state index is -1.03. The predicted octanol–water partition coefficient (Wildman–Crippen LogP) is 1.48. The van der Waals surface area contributed by atoms with E-state index in [4.69, 9.17) is 9.94 Å². The molecule has 0 saturated heterocycles. The number of aromatic hydroxyl groups is 1. The molecule has 1 aliphatic heterocycles. The van der Waals surface area contributed by atoms with Crippen LogP contribution in [0.3, 0.4) is 0 Å². The molecule has 4 rings (SSSR count). The fourth-order valence-electron chi connectivity index (χ4n) is 2.83. The molecule has 1 unspecified atom stereocenters. The Balaban J connectivity index is 1.81. The average molecular weight is 352 g/mol. The van der Waals surface area contributed by atoms with Crippen molar-refractivity contribution in [3.05, 3.63) is 53.7 Å². The van der Waals surface area contributed by atoms with Gasteiger partial charge in [0.05, 0.1) is 17.7 Å². The van der Waals surface area contributed by atoms with Crippen molar-refractivity contribution >= 4 is 28.1 Å². The third-order valence-corrected chi connectivity index (χ3v) is 4.04. The molecule has 26 heavy (non-hydrogen) atoms. The summed E-state index contributed by atoms with van der Waals surface area (Å²) >= 11 is 0. The Morgan fingerprint density at radius 3 is 2.88 bits per heavy atom. The number of benzene rings is 1. The van der Waals surface area contributed by atoms with Crippen LogP contribution in [0, 0.1) is 0 Å². The second kappa shape index (κ2) is 6.58. The lowest BCUT2D eigenvalue weighted by atomic mass is 10.0. The summed E-state index contributed by atoms with van der Waals surface area (Å²) in [5.74, 6) is 0.443. The summed E-state index contributed by atoms with van der Waals surface area (Å²) in [4.78, 5) is 16.8. The van der Waals surface area contributed by atoms with Crippen molar-refractivity contribution in [2.24, 2.45) is 10.1 Å². The molecule has 8 nitrogen and oxygen atoms in total. The summed E-state index contributed by atoms with van der Waals surface area (Å²) < 4.78 is 0. The maximum atomic E-state index is 10.4. The van der Waals surface area contributed by atoms with Gasteiger partial charge in [0.2, 0.25) is 0 Å². The second-order valence-corrected chi connectivity index (χ2v) is 5.80. The maximum absolute atomic E-state index is 10.4. The van der Waals surface area contributed by atoms with Gasteiger partial charge in [0.25, 0.3) is 0 Å². The number of aliphatic imine (C=N–C) groups is 1. The summed E-state index contributed by atoms with van der Waals surface area (Å²) in [5.41, 5.74) is 2.75. The first-order valence-corrected chi connectivity index (χ1v) is 8.02. The largest absolute Gasteiger partial charge is 0.494 e.